The molecule has 1 saturated carbocycles. The molecule has 1 heterocycles. The van der Waals surface area contributed by atoms with Gasteiger partial charge in [0.05, 0.1) is 5.92 Å². The Balaban J connectivity index is 1.88. The van der Waals surface area contributed by atoms with Crippen molar-refractivity contribution >= 4 is 16.2 Å². The molecule has 2 aliphatic rings. The van der Waals surface area contributed by atoms with E-state index in [2.05, 4.69) is 4.72 Å². The molecule has 2 rings (SSSR count). The molecular formula is C12H22N2O4S. The third-order valence-electron chi connectivity index (χ3n) is 4.33. The van der Waals surface area contributed by atoms with Crippen molar-refractivity contribution in [3.8, 4) is 0 Å². The summed E-state index contributed by atoms with van der Waals surface area (Å²) in [6.45, 7) is 2.50. The standard InChI is InChI=1S/C12H22N2O4S/c1-9(10-3-2-4-10)13-19(17,18)14-7-5-11(6-8-14)12(15)16/h9-11,13H,2-8H2,1H3,(H,15,16). The molecule has 0 bridgehead atoms. The number of nitrogens with one attached hydrogen (secondary N) is 1. The van der Waals surface area contributed by atoms with Gasteiger partial charge < -0.3 is 5.11 Å². The molecule has 0 aromatic heterocycles. The number of piperidine rings is 1. The summed E-state index contributed by atoms with van der Waals surface area (Å²) in [5.41, 5.74) is 0. The van der Waals surface area contributed by atoms with Gasteiger partial charge in [0, 0.05) is 19.1 Å². The Morgan fingerprint density at radius 1 is 1.26 bits per heavy atom. The van der Waals surface area contributed by atoms with Gasteiger partial charge in [0.1, 0.15) is 0 Å². The number of carboxylic acid groups (broad SMARTS) is 1. The number of nitrogens with zero attached hydrogens (tertiary/aromatic N) is 1. The normalized spacial score (nSPS) is 24.9. The summed E-state index contributed by atoms with van der Waals surface area (Å²) in [6.07, 6.45) is 4.15. The van der Waals surface area contributed by atoms with Gasteiger partial charge in [-0.3, -0.25) is 4.79 Å². The average Bonchev–Trinajstić information content (AvgIpc) is 2.25. The minimum Gasteiger partial charge on any atom is -0.481 e. The minimum absolute atomic E-state index is 0.0315. The van der Waals surface area contributed by atoms with Crippen LogP contribution in [0.2, 0.25) is 0 Å². The van der Waals surface area contributed by atoms with E-state index in [0.717, 1.165) is 12.8 Å². The first-order valence-corrected chi connectivity index (χ1v) is 8.34. The van der Waals surface area contributed by atoms with E-state index in [9.17, 15) is 13.2 Å². The molecule has 0 aromatic carbocycles. The fraction of sp³-hybridized carbons (Fsp3) is 0.917. The lowest BCUT2D eigenvalue weighted by molar-refractivity contribution is -0.142. The van der Waals surface area contributed by atoms with Crippen molar-refractivity contribution in [2.45, 2.75) is 45.1 Å². The van der Waals surface area contributed by atoms with Crippen LogP contribution in [0.15, 0.2) is 0 Å². The maximum atomic E-state index is 12.2. The van der Waals surface area contributed by atoms with Crippen molar-refractivity contribution < 1.29 is 18.3 Å². The highest BCUT2D eigenvalue weighted by Gasteiger charge is 2.33. The van der Waals surface area contributed by atoms with Crippen LogP contribution >= 0.6 is 0 Å². The Hall–Kier alpha value is -0.660. The molecule has 1 unspecified atom stereocenters. The zero-order chi connectivity index (χ0) is 14.0. The Bertz CT molecular complexity index is 425. The van der Waals surface area contributed by atoms with Gasteiger partial charge in [0.25, 0.3) is 10.2 Å². The van der Waals surface area contributed by atoms with Crippen molar-refractivity contribution in [3.05, 3.63) is 0 Å². The molecule has 1 atom stereocenters. The van der Waals surface area contributed by atoms with E-state index in [1.165, 1.54) is 10.7 Å². The van der Waals surface area contributed by atoms with E-state index in [-0.39, 0.29) is 6.04 Å². The number of hydrogen-bond acceptors (Lipinski definition) is 3. The van der Waals surface area contributed by atoms with Crippen molar-refractivity contribution in [2.75, 3.05) is 13.1 Å². The van der Waals surface area contributed by atoms with Crippen LogP contribution in [0.4, 0.5) is 0 Å². The second-order valence-corrected chi connectivity index (χ2v) is 7.32. The molecule has 110 valence electrons. The predicted octanol–water partition coefficient (Wildman–Crippen LogP) is 0.806. The lowest BCUT2D eigenvalue weighted by Gasteiger charge is -2.35. The lowest BCUT2D eigenvalue weighted by Crippen LogP contribution is -2.50. The monoisotopic (exact) mass is 290 g/mol. The molecular weight excluding hydrogens is 268 g/mol. The Labute approximate surface area is 114 Å². The van der Waals surface area contributed by atoms with Crippen LogP contribution < -0.4 is 4.72 Å². The van der Waals surface area contributed by atoms with Gasteiger partial charge in [0.15, 0.2) is 0 Å². The van der Waals surface area contributed by atoms with Crippen molar-refractivity contribution in [1.82, 2.24) is 9.03 Å². The van der Waals surface area contributed by atoms with Gasteiger partial charge in [-0.25, -0.2) is 0 Å². The highest BCUT2D eigenvalue weighted by molar-refractivity contribution is 7.87. The molecule has 2 N–H and O–H groups in total. The summed E-state index contributed by atoms with van der Waals surface area (Å²) >= 11 is 0. The number of hydrogen-bond donors (Lipinski definition) is 2. The molecule has 1 saturated heterocycles. The first-order chi connectivity index (χ1) is 8.90. The predicted molar refractivity (Wildman–Crippen MR) is 70.8 cm³/mol. The maximum absolute atomic E-state index is 12.2. The summed E-state index contributed by atoms with van der Waals surface area (Å²) in [7, 11) is -3.46. The molecule has 1 aliphatic heterocycles. The molecule has 7 heteroatoms. The second kappa shape index (κ2) is 5.76. The molecule has 0 amide bonds. The number of carboxylic acids is 1. The van der Waals surface area contributed by atoms with E-state index in [4.69, 9.17) is 5.11 Å². The van der Waals surface area contributed by atoms with Gasteiger partial charge >= 0.3 is 5.97 Å². The summed E-state index contributed by atoms with van der Waals surface area (Å²) in [6, 6.07) is -0.0315. The van der Waals surface area contributed by atoms with Gasteiger partial charge in [-0.2, -0.15) is 17.4 Å². The van der Waals surface area contributed by atoms with E-state index in [0.29, 0.717) is 31.8 Å². The minimum atomic E-state index is -3.46. The van der Waals surface area contributed by atoms with E-state index in [1.54, 1.807) is 0 Å². The van der Waals surface area contributed by atoms with Crippen LogP contribution in [0, 0.1) is 11.8 Å². The summed E-state index contributed by atoms with van der Waals surface area (Å²) in [4.78, 5) is 10.8. The van der Waals surface area contributed by atoms with Gasteiger partial charge in [-0.1, -0.05) is 6.42 Å². The largest absolute Gasteiger partial charge is 0.481 e. The van der Waals surface area contributed by atoms with Crippen LogP contribution in [0.25, 0.3) is 0 Å². The lowest BCUT2D eigenvalue weighted by atomic mass is 9.81. The highest BCUT2D eigenvalue weighted by Crippen LogP contribution is 2.30. The number of aliphatic carboxylic acids is 1. The molecule has 6 nitrogen and oxygen atoms in total. The van der Waals surface area contributed by atoms with Crippen LogP contribution in [-0.2, 0) is 15.0 Å². The molecule has 2 fully saturated rings. The van der Waals surface area contributed by atoms with E-state index >= 15 is 0 Å². The SMILES string of the molecule is CC(NS(=O)(=O)N1CCC(C(=O)O)CC1)C1CCC1. The third kappa shape index (κ3) is 3.46. The summed E-state index contributed by atoms with van der Waals surface area (Å²) < 4.78 is 28.5. The number of carbonyl (C=O) groups is 1. The van der Waals surface area contributed by atoms with Crippen molar-refractivity contribution in [1.29, 1.82) is 0 Å². The van der Waals surface area contributed by atoms with Crippen molar-refractivity contribution in [2.24, 2.45) is 11.8 Å². The summed E-state index contributed by atoms with van der Waals surface area (Å²) in [5, 5.41) is 8.90. The molecule has 0 spiro atoms. The zero-order valence-electron chi connectivity index (χ0n) is 11.2. The first-order valence-electron chi connectivity index (χ1n) is 6.90. The maximum Gasteiger partial charge on any atom is 0.306 e. The van der Waals surface area contributed by atoms with Gasteiger partial charge in [-0.15, -0.1) is 0 Å². The molecule has 0 aromatic rings. The quantitative estimate of drug-likeness (QED) is 0.784. The van der Waals surface area contributed by atoms with Gasteiger partial charge in [-0.05, 0) is 38.5 Å². The Morgan fingerprint density at radius 3 is 2.26 bits per heavy atom. The second-order valence-electron chi connectivity index (χ2n) is 5.61. The summed E-state index contributed by atoms with van der Waals surface area (Å²) in [5.74, 6) is -0.783. The average molecular weight is 290 g/mol. The zero-order valence-corrected chi connectivity index (χ0v) is 12.0. The van der Waals surface area contributed by atoms with E-state index < -0.39 is 22.1 Å². The molecule has 1 aliphatic carbocycles. The molecule has 0 radical (unpaired) electrons. The first kappa shape index (κ1) is 14.7. The van der Waals surface area contributed by atoms with Crippen LogP contribution in [-0.4, -0.2) is 42.9 Å². The Kier molecular flexibility index (Phi) is 4.47. The van der Waals surface area contributed by atoms with Crippen LogP contribution in [0.5, 0.6) is 0 Å². The molecule has 19 heavy (non-hydrogen) atoms. The van der Waals surface area contributed by atoms with Crippen LogP contribution in [0.1, 0.15) is 39.0 Å². The van der Waals surface area contributed by atoms with Crippen LogP contribution in [0.3, 0.4) is 0 Å². The van der Waals surface area contributed by atoms with Crippen molar-refractivity contribution in [3.63, 3.8) is 0 Å². The fourth-order valence-corrected chi connectivity index (χ4v) is 4.19. The number of rotatable bonds is 5. The third-order valence-corrected chi connectivity index (χ3v) is 6.05. The Morgan fingerprint density at radius 2 is 1.84 bits per heavy atom. The van der Waals surface area contributed by atoms with E-state index in [1.807, 2.05) is 6.92 Å². The van der Waals surface area contributed by atoms with Gasteiger partial charge in [0.2, 0.25) is 0 Å². The fourth-order valence-electron chi connectivity index (χ4n) is 2.69. The smallest absolute Gasteiger partial charge is 0.306 e. The highest BCUT2D eigenvalue weighted by atomic mass is 32.2. The topological polar surface area (TPSA) is 86.7 Å².